The average molecular weight is 342 g/mol. The Balaban J connectivity index is 1.69. The standard InChI is InChI=1S/C18H15FN2O4/c19-13-3-1-2-4-15(13)21-10-9-14(17(21)23)20-16(22)11-5-7-12(8-6-11)18(24)25/h1-8,14H,9-10H2,(H,20,22)(H,24,25)/t14-/m0/s1. The van der Waals surface area contributed by atoms with Crippen molar-refractivity contribution < 1.29 is 23.9 Å². The first-order chi connectivity index (χ1) is 12.0. The van der Waals surface area contributed by atoms with Crippen LogP contribution >= 0.6 is 0 Å². The van der Waals surface area contributed by atoms with Crippen LogP contribution in [0, 0.1) is 5.82 Å². The topological polar surface area (TPSA) is 86.7 Å². The lowest BCUT2D eigenvalue weighted by Crippen LogP contribution is -2.41. The number of anilines is 1. The largest absolute Gasteiger partial charge is 0.478 e. The lowest BCUT2D eigenvalue weighted by molar-refractivity contribution is -0.118. The van der Waals surface area contributed by atoms with E-state index in [2.05, 4.69) is 5.32 Å². The molecule has 7 heteroatoms. The zero-order valence-electron chi connectivity index (χ0n) is 13.1. The smallest absolute Gasteiger partial charge is 0.335 e. The van der Waals surface area contributed by atoms with E-state index in [1.807, 2.05) is 0 Å². The van der Waals surface area contributed by atoms with Gasteiger partial charge in [0.15, 0.2) is 0 Å². The van der Waals surface area contributed by atoms with Gasteiger partial charge in [-0.05, 0) is 42.8 Å². The second kappa shape index (κ2) is 6.72. The number of halogens is 1. The number of nitrogens with one attached hydrogen (secondary N) is 1. The molecule has 0 aliphatic carbocycles. The minimum Gasteiger partial charge on any atom is -0.478 e. The van der Waals surface area contributed by atoms with Gasteiger partial charge in [-0.1, -0.05) is 12.1 Å². The SMILES string of the molecule is O=C(O)c1ccc(C(=O)N[C@H]2CCN(c3ccccc3F)C2=O)cc1. The third-order valence-electron chi connectivity index (χ3n) is 4.05. The molecule has 2 amide bonds. The first-order valence-corrected chi connectivity index (χ1v) is 7.67. The summed E-state index contributed by atoms with van der Waals surface area (Å²) in [5, 5.41) is 11.5. The number of nitrogens with zero attached hydrogens (tertiary/aromatic N) is 1. The van der Waals surface area contributed by atoms with Crippen LogP contribution in [0.4, 0.5) is 10.1 Å². The summed E-state index contributed by atoms with van der Waals surface area (Å²) in [4.78, 5) is 36.8. The second-order valence-electron chi connectivity index (χ2n) is 5.64. The number of benzene rings is 2. The molecule has 0 radical (unpaired) electrons. The van der Waals surface area contributed by atoms with E-state index in [4.69, 9.17) is 5.11 Å². The van der Waals surface area contributed by atoms with Gasteiger partial charge in [0.1, 0.15) is 11.9 Å². The summed E-state index contributed by atoms with van der Waals surface area (Å²) in [5.74, 6) is -2.43. The number of carbonyl (C=O) groups excluding carboxylic acids is 2. The van der Waals surface area contributed by atoms with Gasteiger partial charge < -0.3 is 15.3 Å². The number of carboxylic acids is 1. The van der Waals surface area contributed by atoms with Gasteiger partial charge in [0.05, 0.1) is 11.3 Å². The van der Waals surface area contributed by atoms with Crippen molar-refractivity contribution in [2.75, 3.05) is 11.4 Å². The highest BCUT2D eigenvalue weighted by atomic mass is 19.1. The van der Waals surface area contributed by atoms with Gasteiger partial charge in [-0.25, -0.2) is 9.18 Å². The van der Waals surface area contributed by atoms with Crippen LogP contribution < -0.4 is 10.2 Å². The average Bonchev–Trinajstić information content (AvgIpc) is 2.96. The van der Waals surface area contributed by atoms with Crippen LogP contribution in [0.3, 0.4) is 0 Å². The molecule has 2 aromatic rings. The van der Waals surface area contributed by atoms with Gasteiger partial charge in [0.2, 0.25) is 5.91 Å². The normalized spacial score (nSPS) is 16.8. The van der Waals surface area contributed by atoms with Crippen molar-refractivity contribution in [1.82, 2.24) is 5.32 Å². The molecule has 0 aromatic heterocycles. The molecular weight excluding hydrogens is 327 g/mol. The molecule has 0 spiro atoms. The van der Waals surface area contributed by atoms with Crippen molar-refractivity contribution in [2.45, 2.75) is 12.5 Å². The number of aromatic carboxylic acids is 1. The summed E-state index contributed by atoms with van der Waals surface area (Å²) in [6, 6.07) is 10.6. The number of rotatable bonds is 4. The summed E-state index contributed by atoms with van der Waals surface area (Å²) in [5.41, 5.74) is 0.511. The third kappa shape index (κ3) is 3.35. The van der Waals surface area contributed by atoms with Crippen molar-refractivity contribution in [3.8, 4) is 0 Å². The van der Waals surface area contributed by atoms with E-state index < -0.39 is 23.7 Å². The Hall–Kier alpha value is -3.22. The van der Waals surface area contributed by atoms with Crippen molar-refractivity contribution in [2.24, 2.45) is 0 Å². The zero-order valence-corrected chi connectivity index (χ0v) is 13.1. The number of hydrogen-bond donors (Lipinski definition) is 2. The van der Waals surface area contributed by atoms with Crippen LogP contribution in [0.15, 0.2) is 48.5 Å². The molecule has 2 aromatic carbocycles. The van der Waals surface area contributed by atoms with E-state index in [0.29, 0.717) is 13.0 Å². The molecule has 1 aliphatic heterocycles. The van der Waals surface area contributed by atoms with E-state index in [1.54, 1.807) is 12.1 Å². The highest BCUT2D eigenvalue weighted by molar-refractivity contribution is 6.04. The molecule has 1 fully saturated rings. The number of para-hydroxylation sites is 1. The summed E-state index contributed by atoms with van der Waals surface area (Å²) in [6.45, 7) is 0.308. The Morgan fingerprint density at radius 1 is 1.08 bits per heavy atom. The highest BCUT2D eigenvalue weighted by Gasteiger charge is 2.34. The van der Waals surface area contributed by atoms with Crippen molar-refractivity contribution in [3.63, 3.8) is 0 Å². The number of carboxylic acid groups (broad SMARTS) is 1. The molecule has 128 valence electrons. The van der Waals surface area contributed by atoms with Gasteiger partial charge in [-0.3, -0.25) is 9.59 Å². The van der Waals surface area contributed by atoms with Crippen LogP contribution in [0.25, 0.3) is 0 Å². The molecule has 0 bridgehead atoms. The van der Waals surface area contributed by atoms with Crippen molar-refractivity contribution in [3.05, 3.63) is 65.5 Å². The van der Waals surface area contributed by atoms with Gasteiger partial charge in [0, 0.05) is 12.1 Å². The fourth-order valence-electron chi connectivity index (χ4n) is 2.73. The maximum atomic E-state index is 13.8. The monoisotopic (exact) mass is 342 g/mol. The van der Waals surface area contributed by atoms with E-state index in [-0.39, 0.29) is 22.7 Å². The predicted molar refractivity (Wildman–Crippen MR) is 88.0 cm³/mol. The second-order valence-corrected chi connectivity index (χ2v) is 5.64. The predicted octanol–water partition coefficient (Wildman–Crippen LogP) is 2.06. The quantitative estimate of drug-likeness (QED) is 0.890. The highest BCUT2D eigenvalue weighted by Crippen LogP contribution is 2.24. The van der Waals surface area contributed by atoms with Crippen molar-refractivity contribution in [1.29, 1.82) is 0 Å². The fourth-order valence-corrected chi connectivity index (χ4v) is 2.73. The lowest BCUT2D eigenvalue weighted by atomic mass is 10.1. The Bertz CT molecular complexity index is 835. The van der Waals surface area contributed by atoms with Crippen LogP contribution in [0.5, 0.6) is 0 Å². The molecule has 0 saturated carbocycles. The van der Waals surface area contributed by atoms with Gasteiger partial charge in [-0.15, -0.1) is 0 Å². The van der Waals surface area contributed by atoms with E-state index in [1.165, 1.54) is 41.3 Å². The minimum atomic E-state index is -1.08. The maximum absolute atomic E-state index is 13.8. The Labute approximate surface area is 142 Å². The van der Waals surface area contributed by atoms with Gasteiger partial charge >= 0.3 is 5.97 Å². The van der Waals surface area contributed by atoms with Crippen LogP contribution in [-0.2, 0) is 4.79 Å². The van der Waals surface area contributed by atoms with Crippen molar-refractivity contribution >= 4 is 23.5 Å². The summed E-state index contributed by atoms with van der Waals surface area (Å²) in [7, 11) is 0. The van der Waals surface area contributed by atoms with E-state index in [0.717, 1.165) is 0 Å². The molecule has 0 unspecified atom stereocenters. The summed E-state index contributed by atoms with van der Waals surface area (Å²) in [6.07, 6.45) is 0.367. The summed E-state index contributed by atoms with van der Waals surface area (Å²) >= 11 is 0. The Kier molecular flexibility index (Phi) is 4.47. The maximum Gasteiger partial charge on any atom is 0.335 e. The fraction of sp³-hybridized carbons (Fsp3) is 0.167. The van der Waals surface area contributed by atoms with Crippen LogP contribution in [0.1, 0.15) is 27.1 Å². The summed E-state index contributed by atoms with van der Waals surface area (Å²) < 4.78 is 13.8. The van der Waals surface area contributed by atoms with Crippen LogP contribution in [0.2, 0.25) is 0 Å². The number of carbonyl (C=O) groups is 3. The molecule has 1 atom stereocenters. The van der Waals surface area contributed by atoms with Gasteiger partial charge in [0.25, 0.3) is 5.91 Å². The zero-order chi connectivity index (χ0) is 18.0. The molecule has 25 heavy (non-hydrogen) atoms. The first kappa shape index (κ1) is 16.6. The van der Waals surface area contributed by atoms with Crippen LogP contribution in [-0.4, -0.2) is 35.5 Å². The minimum absolute atomic E-state index is 0.0687. The molecule has 3 rings (SSSR count). The molecule has 1 saturated heterocycles. The molecule has 1 heterocycles. The molecule has 1 aliphatic rings. The molecule has 2 N–H and O–H groups in total. The molecular formula is C18H15FN2O4. The van der Waals surface area contributed by atoms with E-state index in [9.17, 15) is 18.8 Å². The Morgan fingerprint density at radius 3 is 2.36 bits per heavy atom. The Morgan fingerprint density at radius 2 is 1.72 bits per heavy atom. The van der Waals surface area contributed by atoms with Gasteiger partial charge in [-0.2, -0.15) is 0 Å². The number of hydrogen-bond acceptors (Lipinski definition) is 3. The number of amides is 2. The lowest BCUT2D eigenvalue weighted by Gasteiger charge is -2.17. The van der Waals surface area contributed by atoms with E-state index >= 15 is 0 Å². The third-order valence-corrected chi connectivity index (χ3v) is 4.05. The first-order valence-electron chi connectivity index (χ1n) is 7.67. The molecule has 6 nitrogen and oxygen atoms in total.